The Morgan fingerprint density at radius 2 is 2.00 bits per heavy atom. The zero-order valence-corrected chi connectivity index (χ0v) is 7.87. The van der Waals surface area contributed by atoms with Crippen molar-refractivity contribution in [1.82, 2.24) is 0 Å². The molecule has 2 nitrogen and oxygen atoms in total. The Bertz CT molecular complexity index is 110. The van der Waals surface area contributed by atoms with Crippen LogP contribution in [-0.2, 0) is 0 Å². The van der Waals surface area contributed by atoms with E-state index in [9.17, 15) is 0 Å². The van der Waals surface area contributed by atoms with Gasteiger partial charge in [0.25, 0.3) is 0 Å². The predicted octanol–water partition coefficient (Wildman–Crippen LogP) is 1.87. The molecule has 2 N–H and O–H groups in total. The zero-order chi connectivity index (χ0) is 9.23. The first-order chi connectivity index (χ1) is 5.81. The van der Waals surface area contributed by atoms with Gasteiger partial charge in [-0.05, 0) is 19.3 Å². The Morgan fingerprint density at radius 3 is 2.58 bits per heavy atom. The van der Waals surface area contributed by atoms with Gasteiger partial charge < -0.3 is 10.2 Å². The molecule has 0 aromatic carbocycles. The molecule has 0 aliphatic heterocycles. The van der Waals surface area contributed by atoms with Crippen LogP contribution in [0.4, 0.5) is 0 Å². The number of hydrogen-bond acceptors (Lipinski definition) is 2. The van der Waals surface area contributed by atoms with E-state index in [-0.39, 0.29) is 6.61 Å². The first-order valence-corrected chi connectivity index (χ1v) is 4.75. The van der Waals surface area contributed by atoms with Gasteiger partial charge in [-0.25, -0.2) is 0 Å². The van der Waals surface area contributed by atoms with Crippen molar-refractivity contribution in [2.24, 2.45) is 0 Å². The fourth-order valence-electron chi connectivity index (χ4n) is 0.958. The highest BCUT2D eigenvalue weighted by Crippen LogP contribution is 2.01. The fraction of sp³-hybridized carbons (Fsp3) is 0.800. The van der Waals surface area contributed by atoms with Crippen LogP contribution in [0.2, 0.25) is 0 Å². The van der Waals surface area contributed by atoms with Gasteiger partial charge in [-0.1, -0.05) is 31.9 Å². The Labute approximate surface area is 74.9 Å². The van der Waals surface area contributed by atoms with Gasteiger partial charge in [0, 0.05) is 0 Å². The first-order valence-electron chi connectivity index (χ1n) is 4.75. The quantitative estimate of drug-likeness (QED) is 0.454. The maximum Gasteiger partial charge on any atom is 0.0805 e. The molecule has 1 unspecified atom stereocenters. The van der Waals surface area contributed by atoms with E-state index in [0.29, 0.717) is 6.42 Å². The van der Waals surface area contributed by atoms with E-state index in [1.165, 1.54) is 19.3 Å². The summed E-state index contributed by atoms with van der Waals surface area (Å²) < 4.78 is 0. The van der Waals surface area contributed by atoms with Gasteiger partial charge in [-0.3, -0.25) is 0 Å². The van der Waals surface area contributed by atoms with Gasteiger partial charge in [0.05, 0.1) is 12.7 Å². The van der Waals surface area contributed by atoms with E-state index in [1.807, 2.05) is 6.08 Å². The highest BCUT2D eigenvalue weighted by atomic mass is 16.3. The molecular formula is C10H20O2. The number of hydrogen-bond donors (Lipinski definition) is 2. The summed E-state index contributed by atoms with van der Waals surface area (Å²) in [5, 5.41) is 17.5. The van der Waals surface area contributed by atoms with Crippen molar-refractivity contribution in [2.45, 2.75) is 45.1 Å². The second kappa shape index (κ2) is 8.75. The third kappa shape index (κ3) is 7.76. The molecule has 0 heterocycles. The minimum Gasteiger partial charge on any atom is -0.394 e. The van der Waals surface area contributed by atoms with Crippen LogP contribution in [0.25, 0.3) is 0 Å². The van der Waals surface area contributed by atoms with Crippen molar-refractivity contribution in [2.75, 3.05) is 6.61 Å². The molecule has 0 aliphatic rings. The maximum atomic E-state index is 8.96. The van der Waals surface area contributed by atoms with E-state index < -0.39 is 6.10 Å². The summed E-state index contributed by atoms with van der Waals surface area (Å²) in [6.07, 6.45) is 8.84. The minimum atomic E-state index is -0.576. The minimum absolute atomic E-state index is 0.140. The predicted molar refractivity (Wildman–Crippen MR) is 51.0 cm³/mol. The number of allylic oxidation sites excluding steroid dienone is 1. The van der Waals surface area contributed by atoms with Gasteiger partial charge in [-0.15, -0.1) is 0 Å². The Hall–Kier alpha value is -0.340. The molecular weight excluding hydrogens is 152 g/mol. The maximum absolute atomic E-state index is 8.96. The van der Waals surface area contributed by atoms with Crippen LogP contribution in [0, 0.1) is 0 Å². The molecule has 72 valence electrons. The average Bonchev–Trinajstić information content (AvgIpc) is 2.10. The molecule has 0 amide bonds. The molecule has 0 saturated carbocycles. The molecule has 0 aliphatic carbocycles. The lowest BCUT2D eigenvalue weighted by molar-refractivity contribution is 0.0975. The van der Waals surface area contributed by atoms with Crippen molar-refractivity contribution >= 4 is 0 Å². The van der Waals surface area contributed by atoms with Gasteiger partial charge >= 0.3 is 0 Å². The lowest BCUT2D eigenvalue weighted by Crippen LogP contribution is -2.09. The zero-order valence-electron chi connectivity index (χ0n) is 7.87. The number of aliphatic hydroxyl groups excluding tert-OH is 2. The smallest absolute Gasteiger partial charge is 0.0805 e. The van der Waals surface area contributed by atoms with E-state index in [1.54, 1.807) is 0 Å². The van der Waals surface area contributed by atoms with Crippen molar-refractivity contribution in [3.05, 3.63) is 12.2 Å². The molecule has 0 spiro atoms. The third-order valence-electron chi connectivity index (χ3n) is 1.76. The second-order valence-electron chi connectivity index (χ2n) is 3.04. The van der Waals surface area contributed by atoms with Crippen molar-refractivity contribution in [3.63, 3.8) is 0 Å². The largest absolute Gasteiger partial charge is 0.394 e. The van der Waals surface area contributed by atoms with Crippen LogP contribution < -0.4 is 0 Å². The second-order valence-corrected chi connectivity index (χ2v) is 3.04. The summed E-state index contributed by atoms with van der Waals surface area (Å²) in [4.78, 5) is 0. The normalized spacial score (nSPS) is 13.9. The highest BCUT2D eigenvalue weighted by molar-refractivity contribution is 4.83. The van der Waals surface area contributed by atoms with E-state index >= 15 is 0 Å². The number of aliphatic hydroxyl groups is 2. The van der Waals surface area contributed by atoms with Crippen LogP contribution >= 0.6 is 0 Å². The van der Waals surface area contributed by atoms with Crippen LogP contribution in [0.3, 0.4) is 0 Å². The lowest BCUT2D eigenvalue weighted by Gasteiger charge is -2.00. The van der Waals surface area contributed by atoms with Crippen molar-refractivity contribution < 1.29 is 10.2 Å². The molecule has 1 atom stereocenters. The lowest BCUT2D eigenvalue weighted by atomic mass is 10.2. The topological polar surface area (TPSA) is 40.5 Å². The SMILES string of the molecule is CCCCC/C=C/CC(O)CO. The monoisotopic (exact) mass is 172 g/mol. The number of rotatable bonds is 7. The average molecular weight is 172 g/mol. The van der Waals surface area contributed by atoms with Gasteiger partial charge in [0.15, 0.2) is 0 Å². The van der Waals surface area contributed by atoms with Crippen LogP contribution in [0.15, 0.2) is 12.2 Å². The summed E-state index contributed by atoms with van der Waals surface area (Å²) in [7, 11) is 0. The molecule has 0 saturated heterocycles. The molecule has 12 heavy (non-hydrogen) atoms. The first kappa shape index (κ1) is 11.7. The van der Waals surface area contributed by atoms with Gasteiger partial charge in [0.2, 0.25) is 0 Å². The number of unbranched alkanes of at least 4 members (excludes halogenated alkanes) is 3. The van der Waals surface area contributed by atoms with Crippen LogP contribution in [-0.4, -0.2) is 22.9 Å². The van der Waals surface area contributed by atoms with Crippen LogP contribution in [0.1, 0.15) is 39.0 Å². The van der Waals surface area contributed by atoms with E-state index in [0.717, 1.165) is 6.42 Å². The van der Waals surface area contributed by atoms with Gasteiger partial charge in [-0.2, -0.15) is 0 Å². The Morgan fingerprint density at radius 1 is 1.25 bits per heavy atom. The van der Waals surface area contributed by atoms with Crippen molar-refractivity contribution in [3.8, 4) is 0 Å². The van der Waals surface area contributed by atoms with Gasteiger partial charge in [0.1, 0.15) is 0 Å². The summed E-state index contributed by atoms with van der Waals surface area (Å²) >= 11 is 0. The fourth-order valence-corrected chi connectivity index (χ4v) is 0.958. The van der Waals surface area contributed by atoms with E-state index in [4.69, 9.17) is 10.2 Å². The summed E-state index contributed by atoms with van der Waals surface area (Å²) in [5.74, 6) is 0. The molecule has 0 rings (SSSR count). The third-order valence-corrected chi connectivity index (χ3v) is 1.76. The van der Waals surface area contributed by atoms with Crippen LogP contribution in [0.5, 0.6) is 0 Å². The summed E-state index contributed by atoms with van der Waals surface area (Å²) in [5.41, 5.74) is 0. The highest BCUT2D eigenvalue weighted by Gasteiger charge is 1.95. The molecule has 0 radical (unpaired) electrons. The Balaban J connectivity index is 3.13. The molecule has 2 heteroatoms. The molecule has 0 bridgehead atoms. The van der Waals surface area contributed by atoms with E-state index in [2.05, 4.69) is 13.0 Å². The molecule has 0 aromatic rings. The Kier molecular flexibility index (Phi) is 8.51. The summed E-state index contributed by atoms with van der Waals surface area (Å²) in [6.45, 7) is 2.04. The standard InChI is InChI=1S/C10H20O2/c1-2-3-4-5-6-7-8-10(12)9-11/h6-7,10-12H,2-5,8-9H2,1H3/b7-6+. The molecule has 0 fully saturated rings. The molecule has 0 aromatic heterocycles. The van der Waals surface area contributed by atoms with Crippen molar-refractivity contribution in [1.29, 1.82) is 0 Å². The summed E-state index contributed by atoms with van der Waals surface area (Å²) in [6, 6.07) is 0.